The molecule has 1 atom stereocenters. The molecule has 3 heterocycles. The number of hydrogen-bond acceptors (Lipinski definition) is 3. The summed E-state index contributed by atoms with van der Waals surface area (Å²) in [5.41, 5.74) is 3.17. The van der Waals surface area contributed by atoms with Crippen LogP contribution in [-0.4, -0.2) is 52.9 Å². The summed E-state index contributed by atoms with van der Waals surface area (Å²) in [6.45, 7) is 8.64. The lowest BCUT2D eigenvalue weighted by molar-refractivity contribution is 0.00811. The van der Waals surface area contributed by atoms with Gasteiger partial charge in [0.1, 0.15) is 0 Å². The molecule has 3 aromatic rings. The number of likely N-dealkylation sites (tertiary alicyclic amines) is 2. The topological polar surface area (TPSA) is 36.4 Å². The zero-order valence-corrected chi connectivity index (χ0v) is 22.0. The van der Waals surface area contributed by atoms with Crippen LogP contribution < -0.4 is 0 Å². The van der Waals surface area contributed by atoms with Crippen LogP contribution in [0.15, 0.2) is 54.7 Å². The molecule has 2 aromatic carbocycles. The Morgan fingerprint density at radius 1 is 1.00 bits per heavy atom. The lowest BCUT2D eigenvalue weighted by Crippen LogP contribution is -2.53. The van der Waals surface area contributed by atoms with Crippen molar-refractivity contribution in [2.45, 2.75) is 45.6 Å². The summed E-state index contributed by atoms with van der Waals surface area (Å²) in [6.07, 6.45) is 6.07. The molecule has 4 nitrogen and oxygen atoms in total. The van der Waals surface area contributed by atoms with Gasteiger partial charge in [-0.15, -0.1) is 0 Å². The summed E-state index contributed by atoms with van der Waals surface area (Å²) < 4.78 is 0. The average molecular weight is 511 g/mol. The smallest absolute Gasteiger partial charge is 0.253 e. The molecule has 184 valence electrons. The molecule has 0 saturated carbocycles. The largest absolute Gasteiger partial charge is 0.339 e. The molecule has 2 fully saturated rings. The first-order valence-electron chi connectivity index (χ1n) is 12.6. The average Bonchev–Trinajstić information content (AvgIpc) is 2.86. The van der Waals surface area contributed by atoms with E-state index >= 15 is 0 Å². The fourth-order valence-electron chi connectivity index (χ4n) is 5.91. The Labute approximate surface area is 218 Å². The summed E-state index contributed by atoms with van der Waals surface area (Å²) in [5, 5.41) is 2.27. The maximum atomic E-state index is 13.2. The fraction of sp³-hybridized carbons (Fsp3) is 0.448. The lowest BCUT2D eigenvalue weighted by atomic mass is 9.70. The highest BCUT2D eigenvalue weighted by atomic mass is 35.5. The number of hydrogen-bond donors (Lipinski definition) is 0. The minimum atomic E-state index is 0.134. The van der Waals surface area contributed by atoms with Gasteiger partial charge in [0.15, 0.2) is 0 Å². The van der Waals surface area contributed by atoms with Crippen LogP contribution in [0.1, 0.15) is 49.0 Å². The minimum absolute atomic E-state index is 0.134. The lowest BCUT2D eigenvalue weighted by Gasteiger charge is -2.49. The maximum Gasteiger partial charge on any atom is 0.253 e. The summed E-state index contributed by atoms with van der Waals surface area (Å²) in [4.78, 5) is 22.2. The van der Waals surface area contributed by atoms with E-state index in [2.05, 4.69) is 29.8 Å². The molecule has 35 heavy (non-hydrogen) atoms. The second-order valence-electron chi connectivity index (χ2n) is 10.8. The Kier molecular flexibility index (Phi) is 7.07. The van der Waals surface area contributed by atoms with Gasteiger partial charge in [-0.05, 0) is 85.5 Å². The Balaban J connectivity index is 1.17. The van der Waals surface area contributed by atoms with E-state index in [1.54, 1.807) is 6.20 Å². The quantitative estimate of drug-likeness (QED) is 0.390. The molecule has 0 radical (unpaired) electrons. The van der Waals surface area contributed by atoms with Gasteiger partial charge in [0.05, 0.1) is 15.6 Å². The van der Waals surface area contributed by atoms with Gasteiger partial charge in [0.25, 0.3) is 5.91 Å². The summed E-state index contributed by atoms with van der Waals surface area (Å²) in [6, 6.07) is 16.3. The van der Waals surface area contributed by atoms with Crippen LogP contribution in [0.3, 0.4) is 0 Å². The molecule has 0 N–H and O–H groups in total. The third-order valence-electron chi connectivity index (χ3n) is 8.06. The van der Waals surface area contributed by atoms with Gasteiger partial charge in [0.2, 0.25) is 0 Å². The van der Waals surface area contributed by atoms with Gasteiger partial charge in [-0.25, -0.2) is 0 Å². The molecule has 2 aliphatic rings. The Hall–Kier alpha value is -2.14. The molecule has 0 bridgehead atoms. The first-order valence-corrected chi connectivity index (χ1v) is 13.4. The first-order chi connectivity index (χ1) is 16.8. The highest BCUT2D eigenvalue weighted by Crippen LogP contribution is 2.39. The molecule has 1 aromatic heterocycles. The van der Waals surface area contributed by atoms with E-state index in [-0.39, 0.29) is 11.3 Å². The van der Waals surface area contributed by atoms with Crippen molar-refractivity contribution >= 4 is 40.0 Å². The molecule has 6 heteroatoms. The number of piperidine rings is 2. The fourth-order valence-corrected chi connectivity index (χ4v) is 6.23. The van der Waals surface area contributed by atoms with Crippen LogP contribution in [0.2, 0.25) is 10.0 Å². The number of halogens is 2. The number of carbonyl (C=O) groups excluding carboxylic acids is 1. The predicted molar refractivity (Wildman–Crippen MR) is 144 cm³/mol. The summed E-state index contributed by atoms with van der Waals surface area (Å²) in [7, 11) is 0. The summed E-state index contributed by atoms with van der Waals surface area (Å²) in [5.74, 6) is 0.745. The Morgan fingerprint density at radius 2 is 1.80 bits per heavy atom. The van der Waals surface area contributed by atoms with E-state index in [1.165, 1.54) is 12.0 Å². The van der Waals surface area contributed by atoms with Gasteiger partial charge >= 0.3 is 0 Å². The standard InChI is InChI=1S/C29H33Cl2N3O/c1-29(2)19-34(13-9-23(29)16-20-5-7-25(30)26(31)17-20)24-10-14-33(15-11-24)28(35)22-6-8-27-21(18-22)4-3-12-32-27/h3-8,12,17-18,23-24H,9-11,13-16,19H2,1-2H3. The number of benzene rings is 2. The van der Waals surface area contributed by atoms with Crippen molar-refractivity contribution in [1.82, 2.24) is 14.8 Å². The normalized spacial score (nSPS) is 21.4. The third kappa shape index (κ3) is 5.35. The van der Waals surface area contributed by atoms with Gasteiger partial charge in [-0.1, -0.05) is 49.2 Å². The Morgan fingerprint density at radius 3 is 2.54 bits per heavy atom. The van der Waals surface area contributed by atoms with Crippen molar-refractivity contribution in [3.05, 3.63) is 75.9 Å². The molecular weight excluding hydrogens is 477 g/mol. The molecule has 5 rings (SSSR count). The van der Waals surface area contributed by atoms with Crippen molar-refractivity contribution in [2.75, 3.05) is 26.2 Å². The number of rotatable bonds is 4. The van der Waals surface area contributed by atoms with Crippen molar-refractivity contribution in [2.24, 2.45) is 11.3 Å². The number of amides is 1. The molecule has 2 saturated heterocycles. The second-order valence-corrected chi connectivity index (χ2v) is 11.6. The van der Waals surface area contributed by atoms with E-state index in [9.17, 15) is 4.79 Å². The number of pyridine rings is 1. The van der Waals surface area contributed by atoms with Crippen LogP contribution >= 0.6 is 23.2 Å². The van der Waals surface area contributed by atoms with Gasteiger partial charge in [-0.2, -0.15) is 0 Å². The number of aromatic nitrogens is 1. The van der Waals surface area contributed by atoms with Crippen molar-refractivity contribution in [3.8, 4) is 0 Å². The van der Waals surface area contributed by atoms with Gasteiger partial charge in [0, 0.05) is 42.8 Å². The molecule has 0 aliphatic carbocycles. The molecule has 0 spiro atoms. The van der Waals surface area contributed by atoms with E-state index in [0.29, 0.717) is 22.0 Å². The number of fused-ring (bicyclic) bond motifs is 1. The van der Waals surface area contributed by atoms with Crippen LogP contribution in [0.4, 0.5) is 0 Å². The van der Waals surface area contributed by atoms with Crippen molar-refractivity contribution < 1.29 is 4.79 Å². The second kappa shape index (κ2) is 10.1. The SMILES string of the molecule is CC1(C)CN(C2CCN(C(=O)c3ccc4ncccc4c3)CC2)CCC1Cc1ccc(Cl)c(Cl)c1. The van der Waals surface area contributed by atoms with Crippen LogP contribution in [-0.2, 0) is 6.42 Å². The van der Waals surface area contributed by atoms with E-state index in [4.69, 9.17) is 23.2 Å². The van der Waals surface area contributed by atoms with Gasteiger partial charge in [-0.3, -0.25) is 14.7 Å². The van der Waals surface area contributed by atoms with Crippen molar-refractivity contribution in [1.29, 1.82) is 0 Å². The molecule has 1 amide bonds. The zero-order valence-electron chi connectivity index (χ0n) is 20.5. The molecular formula is C29H33Cl2N3O. The monoisotopic (exact) mass is 509 g/mol. The third-order valence-corrected chi connectivity index (χ3v) is 8.80. The number of carbonyl (C=O) groups is 1. The first kappa shape index (κ1) is 24.5. The number of nitrogens with zero attached hydrogens (tertiary/aromatic N) is 3. The van der Waals surface area contributed by atoms with E-state index < -0.39 is 0 Å². The highest BCUT2D eigenvalue weighted by Gasteiger charge is 2.39. The highest BCUT2D eigenvalue weighted by molar-refractivity contribution is 6.42. The summed E-state index contributed by atoms with van der Waals surface area (Å²) >= 11 is 12.4. The van der Waals surface area contributed by atoms with Crippen LogP contribution in [0, 0.1) is 11.3 Å². The van der Waals surface area contributed by atoms with E-state index in [0.717, 1.165) is 61.9 Å². The van der Waals surface area contributed by atoms with Gasteiger partial charge < -0.3 is 4.90 Å². The molecule has 2 aliphatic heterocycles. The predicted octanol–water partition coefficient (Wildman–Crippen LogP) is 6.74. The van der Waals surface area contributed by atoms with Crippen LogP contribution in [0.5, 0.6) is 0 Å². The minimum Gasteiger partial charge on any atom is -0.339 e. The molecule has 1 unspecified atom stereocenters. The van der Waals surface area contributed by atoms with Crippen LogP contribution in [0.25, 0.3) is 10.9 Å². The van der Waals surface area contributed by atoms with Crippen molar-refractivity contribution in [3.63, 3.8) is 0 Å². The Bertz CT molecular complexity index is 1220. The maximum absolute atomic E-state index is 13.2. The zero-order chi connectivity index (χ0) is 24.6. The van der Waals surface area contributed by atoms with E-state index in [1.807, 2.05) is 47.4 Å².